The van der Waals surface area contributed by atoms with E-state index in [1.54, 1.807) is 0 Å². The third kappa shape index (κ3) is 7.28. The van der Waals surface area contributed by atoms with Crippen molar-refractivity contribution in [2.24, 2.45) is 0 Å². The molecule has 0 amide bonds. The summed E-state index contributed by atoms with van der Waals surface area (Å²) in [6.45, 7) is 7.28. The van der Waals surface area contributed by atoms with Crippen molar-refractivity contribution in [1.82, 2.24) is 5.32 Å². The SMILES string of the molecule is CCCCCCNC(CC(=O)O)Cc1ccc(C)cc1C. The molecule has 21 heavy (non-hydrogen) atoms. The lowest BCUT2D eigenvalue weighted by Crippen LogP contribution is -2.34. The highest BCUT2D eigenvalue weighted by molar-refractivity contribution is 5.67. The van der Waals surface area contributed by atoms with E-state index in [4.69, 9.17) is 5.11 Å². The second-order valence-corrected chi connectivity index (χ2v) is 5.94. The summed E-state index contributed by atoms with van der Waals surface area (Å²) in [7, 11) is 0. The van der Waals surface area contributed by atoms with Gasteiger partial charge in [-0.05, 0) is 44.4 Å². The molecule has 1 aromatic rings. The number of hydrogen-bond acceptors (Lipinski definition) is 2. The van der Waals surface area contributed by atoms with Crippen molar-refractivity contribution in [1.29, 1.82) is 0 Å². The zero-order valence-corrected chi connectivity index (χ0v) is 13.6. The summed E-state index contributed by atoms with van der Waals surface area (Å²) in [6.07, 6.45) is 5.78. The van der Waals surface area contributed by atoms with Gasteiger partial charge in [-0.2, -0.15) is 0 Å². The molecule has 3 heteroatoms. The van der Waals surface area contributed by atoms with Crippen molar-refractivity contribution in [3.63, 3.8) is 0 Å². The summed E-state index contributed by atoms with van der Waals surface area (Å²) in [5.74, 6) is -0.731. The van der Waals surface area contributed by atoms with Crippen LogP contribution in [0, 0.1) is 13.8 Å². The lowest BCUT2D eigenvalue weighted by molar-refractivity contribution is -0.137. The molecule has 0 bridgehead atoms. The van der Waals surface area contributed by atoms with Crippen molar-refractivity contribution in [2.45, 2.75) is 65.3 Å². The van der Waals surface area contributed by atoms with Crippen LogP contribution in [0.4, 0.5) is 0 Å². The minimum atomic E-state index is -0.731. The molecule has 0 fully saturated rings. The average Bonchev–Trinajstić information content (AvgIpc) is 2.41. The van der Waals surface area contributed by atoms with Crippen molar-refractivity contribution in [3.8, 4) is 0 Å². The lowest BCUT2D eigenvalue weighted by Gasteiger charge is -2.18. The van der Waals surface area contributed by atoms with Gasteiger partial charge in [-0.3, -0.25) is 4.79 Å². The smallest absolute Gasteiger partial charge is 0.304 e. The van der Waals surface area contributed by atoms with Crippen LogP contribution in [0.3, 0.4) is 0 Å². The fraction of sp³-hybridized carbons (Fsp3) is 0.611. The summed E-state index contributed by atoms with van der Waals surface area (Å²) < 4.78 is 0. The number of nitrogens with one attached hydrogen (secondary N) is 1. The maximum absolute atomic E-state index is 11.0. The third-order valence-electron chi connectivity index (χ3n) is 3.85. The first-order chi connectivity index (χ1) is 10.0. The Hall–Kier alpha value is -1.35. The number of rotatable bonds is 10. The van der Waals surface area contributed by atoms with E-state index in [9.17, 15) is 4.79 Å². The monoisotopic (exact) mass is 291 g/mol. The minimum absolute atomic E-state index is 0.0190. The molecule has 0 spiro atoms. The zero-order valence-electron chi connectivity index (χ0n) is 13.6. The molecule has 1 rings (SSSR count). The summed E-state index contributed by atoms with van der Waals surface area (Å²) in [6, 6.07) is 6.40. The topological polar surface area (TPSA) is 49.3 Å². The first kappa shape index (κ1) is 17.7. The van der Waals surface area contributed by atoms with E-state index in [0.717, 1.165) is 19.4 Å². The average molecular weight is 291 g/mol. The van der Waals surface area contributed by atoms with E-state index < -0.39 is 5.97 Å². The van der Waals surface area contributed by atoms with Crippen molar-refractivity contribution >= 4 is 5.97 Å². The number of carbonyl (C=O) groups is 1. The quantitative estimate of drug-likeness (QED) is 0.644. The predicted molar refractivity (Wildman–Crippen MR) is 87.8 cm³/mol. The normalized spacial score (nSPS) is 12.3. The molecular weight excluding hydrogens is 262 g/mol. The highest BCUT2D eigenvalue weighted by Crippen LogP contribution is 2.14. The van der Waals surface area contributed by atoms with Crippen molar-refractivity contribution in [3.05, 3.63) is 34.9 Å². The molecule has 1 atom stereocenters. The van der Waals surface area contributed by atoms with Crippen LogP contribution in [0.5, 0.6) is 0 Å². The van der Waals surface area contributed by atoms with Crippen molar-refractivity contribution in [2.75, 3.05) is 6.54 Å². The van der Waals surface area contributed by atoms with Gasteiger partial charge in [0.1, 0.15) is 0 Å². The first-order valence-electron chi connectivity index (χ1n) is 8.04. The summed E-state index contributed by atoms with van der Waals surface area (Å²) in [5.41, 5.74) is 3.74. The van der Waals surface area contributed by atoms with Gasteiger partial charge in [0.25, 0.3) is 0 Å². The fourth-order valence-electron chi connectivity index (χ4n) is 2.63. The number of aryl methyl sites for hydroxylation is 2. The van der Waals surface area contributed by atoms with Gasteiger partial charge in [-0.25, -0.2) is 0 Å². The zero-order chi connectivity index (χ0) is 15.7. The Morgan fingerprint density at radius 2 is 2.00 bits per heavy atom. The van der Waals surface area contributed by atoms with Gasteiger partial charge in [-0.15, -0.1) is 0 Å². The van der Waals surface area contributed by atoms with Gasteiger partial charge < -0.3 is 10.4 Å². The number of aliphatic carboxylic acids is 1. The molecule has 0 aliphatic rings. The molecule has 0 saturated carbocycles. The number of hydrogen-bond donors (Lipinski definition) is 2. The van der Waals surface area contributed by atoms with Crippen LogP contribution >= 0.6 is 0 Å². The number of carboxylic acids is 1. The van der Waals surface area contributed by atoms with Crippen LogP contribution in [-0.4, -0.2) is 23.7 Å². The van der Waals surface area contributed by atoms with E-state index in [2.05, 4.69) is 44.3 Å². The van der Waals surface area contributed by atoms with Gasteiger partial charge in [0, 0.05) is 6.04 Å². The Morgan fingerprint density at radius 1 is 1.24 bits per heavy atom. The van der Waals surface area contributed by atoms with Gasteiger partial charge in [0.15, 0.2) is 0 Å². The summed E-state index contributed by atoms with van der Waals surface area (Å²) in [5, 5.41) is 12.5. The molecular formula is C18H29NO2. The van der Waals surface area contributed by atoms with Gasteiger partial charge in [0.2, 0.25) is 0 Å². The molecule has 2 N–H and O–H groups in total. The van der Waals surface area contributed by atoms with Crippen LogP contribution in [0.1, 0.15) is 55.7 Å². The molecule has 0 saturated heterocycles. The number of carboxylic acid groups (broad SMARTS) is 1. The molecule has 0 aromatic heterocycles. The number of benzene rings is 1. The first-order valence-corrected chi connectivity index (χ1v) is 8.04. The predicted octanol–water partition coefficient (Wildman–Crippen LogP) is 3.86. The largest absolute Gasteiger partial charge is 0.481 e. The molecule has 0 aliphatic carbocycles. The van der Waals surface area contributed by atoms with E-state index in [0.29, 0.717) is 0 Å². The molecule has 1 aromatic carbocycles. The van der Waals surface area contributed by atoms with Crippen LogP contribution in [0.15, 0.2) is 18.2 Å². The fourth-order valence-corrected chi connectivity index (χ4v) is 2.63. The second-order valence-electron chi connectivity index (χ2n) is 5.94. The van der Waals surface area contributed by atoms with Crippen LogP contribution in [-0.2, 0) is 11.2 Å². The second kappa shape index (κ2) is 9.56. The molecule has 0 radical (unpaired) electrons. The Kier molecular flexibility index (Phi) is 8.06. The molecule has 0 heterocycles. The van der Waals surface area contributed by atoms with Gasteiger partial charge in [-0.1, -0.05) is 49.9 Å². The van der Waals surface area contributed by atoms with Crippen LogP contribution in [0.25, 0.3) is 0 Å². The number of unbranched alkanes of at least 4 members (excludes halogenated alkanes) is 3. The standard InChI is InChI=1S/C18H29NO2/c1-4-5-6-7-10-19-17(13-18(20)21)12-16-9-8-14(2)11-15(16)3/h8-9,11,17,19H,4-7,10,12-13H2,1-3H3,(H,20,21). The maximum Gasteiger partial charge on any atom is 0.304 e. The molecule has 118 valence electrons. The Balaban J connectivity index is 2.54. The van der Waals surface area contributed by atoms with E-state index in [1.165, 1.54) is 36.0 Å². The van der Waals surface area contributed by atoms with E-state index in [-0.39, 0.29) is 12.5 Å². The van der Waals surface area contributed by atoms with Crippen molar-refractivity contribution < 1.29 is 9.90 Å². The highest BCUT2D eigenvalue weighted by Gasteiger charge is 2.14. The molecule has 1 unspecified atom stereocenters. The Morgan fingerprint density at radius 3 is 2.62 bits per heavy atom. The Bertz CT molecular complexity index is 443. The van der Waals surface area contributed by atoms with E-state index in [1.807, 2.05) is 0 Å². The summed E-state index contributed by atoms with van der Waals surface area (Å²) >= 11 is 0. The minimum Gasteiger partial charge on any atom is -0.481 e. The molecule has 3 nitrogen and oxygen atoms in total. The molecule has 0 aliphatic heterocycles. The van der Waals surface area contributed by atoms with Crippen LogP contribution < -0.4 is 5.32 Å². The van der Waals surface area contributed by atoms with Gasteiger partial charge in [0.05, 0.1) is 6.42 Å². The van der Waals surface area contributed by atoms with E-state index >= 15 is 0 Å². The maximum atomic E-state index is 11.0. The third-order valence-corrected chi connectivity index (χ3v) is 3.85. The summed E-state index contributed by atoms with van der Waals surface area (Å²) in [4.78, 5) is 11.0. The Labute approximate surface area is 128 Å². The lowest BCUT2D eigenvalue weighted by atomic mass is 9.97. The highest BCUT2D eigenvalue weighted by atomic mass is 16.4. The van der Waals surface area contributed by atoms with Crippen LogP contribution in [0.2, 0.25) is 0 Å². The van der Waals surface area contributed by atoms with Gasteiger partial charge >= 0.3 is 5.97 Å².